The lowest BCUT2D eigenvalue weighted by Crippen LogP contribution is -2.25. The summed E-state index contributed by atoms with van der Waals surface area (Å²) in [5.74, 6) is 0.536. The number of rotatable bonds is 3. The second-order valence-electron chi connectivity index (χ2n) is 5.45. The van der Waals surface area contributed by atoms with Crippen LogP contribution in [0.25, 0.3) is 0 Å². The predicted octanol–water partition coefficient (Wildman–Crippen LogP) is 2.86. The van der Waals surface area contributed by atoms with E-state index in [-0.39, 0.29) is 11.8 Å². The second kappa shape index (κ2) is 6.12. The molecule has 0 saturated carbocycles. The minimum absolute atomic E-state index is 0.0253. The lowest BCUT2D eigenvalue weighted by Gasteiger charge is -2.14. The number of hydrogen-bond acceptors (Lipinski definition) is 3. The lowest BCUT2D eigenvalue weighted by atomic mass is 10.1. The fourth-order valence-electron chi connectivity index (χ4n) is 2.77. The van der Waals surface area contributed by atoms with E-state index in [1.807, 2.05) is 30.3 Å². The van der Waals surface area contributed by atoms with Gasteiger partial charge >= 0.3 is 0 Å². The molecule has 5 nitrogen and oxygen atoms in total. The standard InChI is InChI=1S/C18H18N2O3/c1-12(21)20-9-8-13-10-14(6-7-17(13)20)18(22)19-15-4-3-5-16(11-15)23-2/h3-7,10-11H,8-9H2,1-2H3,(H,19,22). The van der Waals surface area contributed by atoms with Gasteiger partial charge in [0.15, 0.2) is 0 Å². The van der Waals surface area contributed by atoms with Crippen molar-refractivity contribution < 1.29 is 14.3 Å². The highest BCUT2D eigenvalue weighted by Gasteiger charge is 2.23. The Labute approximate surface area is 134 Å². The number of carbonyl (C=O) groups is 2. The molecule has 1 aliphatic rings. The number of nitrogens with zero attached hydrogens (tertiary/aromatic N) is 1. The molecule has 2 aromatic carbocycles. The van der Waals surface area contributed by atoms with Crippen molar-refractivity contribution in [2.75, 3.05) is 23.9 Å². The monoisotopic (exact) mass is 310 g/mol. The summed E-state index contributed by atoms with van der Waals surface area (Å²) in [4.78, 5) is 25.7. The van der Waals surface area contributed by atoms with Gasteiger partial charge in [-0.05, 0) is 42.3 Å². The third-order valence-corrected chi connectivity index (χ3v) is 3.94. The molecule has 5 heteroatoms. The van der Waals surface area contributed by atoms with Gasteiger partial charge in [0.2, 0.25) is 5.91 Å². The molecule has 23 heavy (non-hydrogen) atoms. The van der Waals surface area contributed by atoms with Crippen LogP contribution in [0.3, 0.4) is 0 Å². The summed E-state index contributed by atoms with van der Waals surface area (Å²) >= 11 is 0. The van der Waals surface area contributed by atoms with Crippen molar-refractivity contribution in [2.24, 2.45) is 0 Å². The van der Waals surface area contributed by atoms with E-state index in [0.717, 1.165) is 17.7 Å². The van der Waals surface area contributed by atoms with Gasteiger partial charge in [0.05, 0.1) is 7.11 Å². The van der Waals surface area contributed by atoms with E-state index < -0.39 is 0 Å². The third kappa shape index (κ3) is 3.04. The molecule has 0 radical (unpaired) electrons. The summed E-state index contributed by atoms with van der Waals surface area (Å²) < 4.78 is 5.15. The summed E-state index contributed by atoms with van der Waals surface area (Å²) in [6.07, 6.45) is 0.773. The quantitative estimate of drug-likeness (QED) is 0.948. The number of amides is 2. The van der Waals surface area contributed by atoms with Crippen LogP contribution in [0.1, 0.15) is 22.8 Å². The largest absolute Gasteiger partial charge is 0.497 e. The van der Waals surface area contributed by atoms with Crippen LogP contribution in [0.4, 0.5) is 11.4 Å². The molecule has 0 saturated heterocycles. The fourth-order valence-corrected chi connectivity index (χ4v) is 2.77. The summed E-state index contributed by atoms with van der Waals surface area (Å²) in [5, 5.41) is 2.86. The Balaban J connectivity index is 1.80. The molecule has 0 aromatic heterocycles. The maximum absolute atomic E-state index is 12.4. The molecular weight excluding hydrogens is 292 g/mol. The number of anilines is 2. The van der Waals surface area contributed by atoms with Crippen molar-refractivity contribution in [3.63, 3.8) is 0 Å². The molecule has 2 amide bonds. The molecule has 0 fully saturated rings. The van der Waals surface area contributed by atoms with Crippen LogP contribution < -0.4 is 15.0 Å². The summed E-state index contributed by atoms with van der Waals surface area (Å²) in [5.41, 5.74) is 3.19. The maximum Gasteiger partial charge on any atom is 0.255 e. The molecular formula is C18H18N2O3. The van der Waals surface area contributed by atoms with Gasteiger partial charge in [-0.3, -0.25) is 9.59 Å². The molecule has 1 N–H and O–H groups in total. The number of nitrogens with one attached hydrogen (secondary N) is 1. The lowest BCUT2D eigenvalue weighted by molar-refractivity contribution is -0.116. The Bertz CT molecular complexity index is 771. The van der Waals surface area contributed by atoms with Gasteiger partial charge < -0.3 is 15.0 Å². The maximum atomic E-state index is 12.4. The molecule has 0 spiro atoms. The zero-order valence-corrected chi connectivity index (χ0v) is 13.1. The number of hydrogen-bond donors (Lipinski definition) is 1. The summed E-state index contributed by atoms with van der Waals surface area (Å²) in [6.45, 7) is 2.23. The van der Waals surface area contributed by atoms with Gasteiger partial charge in [-0.25, -0.2) is 0 Å². The van der Waals surface area contributed by atoms with Crippen LogP contribution in [-0.4, -0.2) is 25.5 Å². The molecule has 1 aliphatic heterocycles. The SMILES string of the molecule is COc1cccc(NC(=O)c2ccc3c(c2)CCN3C(C)=O)c1. The predicted molar refractivity (Wildman–Crippen MR) is 89.1 cm³/mol. The van der Waals surface area contributed by atoms with Crippen LogP contribution >= 0.6 is 0 Å². The van der Waals surface area contributed by atoms with E-state index >= 15 is 0 Å². The first-order valence-electron chi connectivity index (χ1n) is 7.45. The average Bonchev–Trinajstić information content (AvgIpc) is 2.98. The summed E-state index contributed by atoms with van der Waals surface area (Å²) in [6, 6.07) is 12.7. The van der Waals surface area contributed by atoms with Crippen molar-refractivity contribution in [1.29, 1.82) is 0 Å². The zero-order valence-electron chi connectivity index (χ0n) is 13.1. The zero-order chi connectivity index (χ0) is 16.4. The van der Waals surface area contributed by atoms with Crippen LogP contribution in [0.15, 0.2) is 42.5 Å². The summed E-state index contributed by atoms with van der Waals surface area (Å²) in [7, 11) is 1.59. The first kappa shape index (κ1) is 15.1. The highest BCUT2D eigenvalue weighted by molar-refractivity contribution is 6.05. The van der Waals surface area contributed by atoms with Crippen molar-refractivity contribution in [1.82, 2.24) is 0 Å². The van der Waals surface area contributed by atoms with Crippen molar-refractivity contribution in [3.8, 4) is 5.75 Å². The number of fused-ring (bicyclic) bond motifs is 1. The second-order valence-corrected chi connectivity index (χ2v) is 5.45. The Morgan fingerprint density at radius 1 is 1.17 bits per heavy atom. The van der Waals surface area contributed by atoms with Crippen molar-refractivity contribution in [2.45, 2.75) is 13.3 Å². The average molecular weight is 310 g/mol. The Kier molecular flexibility index (Phi) is 4.02. The fraction of sp³-hybridized carbons (Fsp3) is 0.222. The normalized spacial score (nSPS) is 12.7. The first-order valence-corrected chi connectivity index (χ1v) is 7.45. The van der Waals surface area contributed by atoms with E-state index in [2.05, 4.69) is 5.32 Å². The van der Waals surface area contributed by atoms with Crippen LogP contribution in [0.5, 0.6) is 5.75 Å². The van der Waals surface area contributed by atoms with Gasteiger partial charge in [-0.15, -0.1) is 0 Å². The van der Waals surface area contributed by atoms with Gasteiger partial charge in [0, 0.05) is 36.5 Å². The minimum Gasteiger partial charge on any atom is -0.497 e. The van der Waals surface area contributed by atoms with Gasteiger partial charge in [0.25, 0.3) is 5.91 Å². The molecule has 3 rings (SSSR count). The molecule has 2 aromatic rings. The van der Waals surface area contributed by atoms with Crippen LogP contribution in [0.2, 0.25) is 0 Å². The van der Waals surface area contributed by atoms with Crippen molar-refractivity contribution in [3.05, 3.63) is 53.6 Å². The Morgan fingerprint density at radius 2 is 2.00 bits per heavy atom. The highest BCUT2D eigenvalue weighted by Crippen LogP contribution is 2.29. The minimum atomic E-state index is -0.178. The van der Waals surface area contributed by atoms with E-state index in [9.17, 15) is 9.59 Å². The number of carbonyl (C=O) groups excluding carboxylic acids is 2. The first-order chi connectivity index (χ1) is 11.1. The number of methoxy groups -OCH3 is 1. The molecule has 0 aliphatic carbocycles. The van der Waals surface area contributed by atoms with E-state index in [4.69, 9.17) is 4.74 Å². The highest BCUT2D eigenvalue weighted by atomic mass is 16.5. The van der Waals surface area contributed by atoms with Gasteiger partial charge in [-0.1, -0.05) is 6.07 Å². The van der Waals surface area contributed by atoms with Crippen molar-refractivity contribution >= 4 is 23.2 Å². The number of ether oxygens (including phenoxy) is 1. The van der Waals surface area contributed by atoms with E-state index in [0.29, 0.717) is 23.5 Å². The van der Waals surface area contributed by atoms with E-state index in [1.54, 1.807) is 31.1 Å². The topological polar surface area (TPSA) is 58.6 Å². The molecule has 0 atom stereocenters. The smallest absolute Gasteiger partial charge is 0.255 e. The third-order valence-electron chi connectivity index (χ3n) is 3.94. The van der Waals surface area contributed by atoms with Crippen LogP contribution in [0, 0.1) is 0 Å². The molecule has 0 unspecified atom stereocenters. The molecule has 0 bridgehead atoms. The van der Waals surface area contributed by atoms with Gasteiger partial charge in [-0.2, -0.15) is 0 Å². The van der Waals surface area contributed by atoms with Gasteiger partial charge in [0.1, 0.15) is 5.75 Å². The van der Waals surface area contributed by atoms with E-state index in [1.165, 1.54) is 0 Å². The molecule has 118 valence electrons. The molecule has 1 heterocycles. The Morgan fingerprint density at radius 3 is 2.74 bits per heavy atom. The number of benzene rings is 2. The Hall–Kier alpha value is -2.82. The van der Waals surface area contributed by atoms with Crippen LogP contribution in [-0.2, 0) is 11.2 Å².